The van der Waals surface area contributed by atoms with Gasteiger partial charge in [0.05, 0.1) is 38.8 Å². The number of nitrogens with one attached hydrogen (secondary N) is 2. The predicted molar refractivity (Wildman–Crippen MR) is 220 cm³/mol. The molecular formula is C33H52N7O20P3S. The minimum Gasteiger partial charge on any atom is -0.386 e. The Hall–Kier alpha value is -3.43. The largest absolute Gasteiger partial charge is 0.481 e. The highest BCUT2D eigenvalue weighted by Crippen LogP contribution is 2.61. The summed E-state index contributed by atoms with van der Waals surface area (Å²) < 4.78 is 62.1. The van der Waals surface area contributed by atoms with E-state index in [0.717, 1.165) is 41.8 Å². The van der Waals surface area contributed by atoms with Crippen molar-refractivity contribution in [3.8, 4) is 0 Å². The van der Waals surface area contributed by atoms with Crippen molar-refractivity contribution in [3.05, 3.63) is 12.7 Å². The summed E-state index contributed by atoms with van der Waals surface area (Å²) in [6.07, 6.45) is -5.91. The number of amides is 2. The number of aliphatic hydroxyl groups is 2. The number of phosphoric acid groups is 3. The first-order valence-corrected chi connectivity index (χ1v) is 24.8. The van der Waals surface area contributed by atoms with Gasteiger partial charge in [-0.1, -0.05) is 45.4 Å². The number of rotatable bonds is 29. The standard InChI is InChI=1S/C33H52N7O20P3S/c1-4-5-6-7-19(41)12-20(42)13-21(43)14-24(45)64-11-10-35-23(44)8-9-36-31(48)28(47)33(2,3)16-57-63(54,55)60-62(52,53)56-15-22-27(59-61(49,50)51)26(46)32(58-22)40-18-39-25-29(34)37-17-38-30(25)40/h17-18,22,26-28,32,46-47H,4-16H2,1-3H3,(H,35,44)(H,36,48)(H,52,53)(H,54,55)(H2,34,37,38)(H2,49,50,51)/t22-,26-,27-,28?,32-/m1/s1. The molecule has 3 heterocycles. The molecule has 27 nitrogen and oxygen atoms in total. The van der Waals surface area contributed by atoms with Crippen LogP contribution in [0.15, 0.2) is 12.7 Å². The van der Waals surface area contributed by atoms with Crippen LogP contribution in [0.5, 0.6) is 0 Å². The normalized spacial score (nSPS) is 20.3. The number of nitrogens with zero attached hydrogens (tertiary/aromatic N) is 4. The Morgan fingerprint density at radius 3 is 2.25 bits per heavy atom. The predicted octanol–water partition coefficient (Wildman–Crippen LogP) is 0.123. The zero-order chi connectivity index (χ0) is 48.0. The van der Waals surface area contributed by atoms with Gasteiger partial charge in [-0.25, -0.2) is 28.6 Å². The number of anilines is 1. The second-order valence-corrected chi connectivity index (χ2v) is 20.3. The van der Waals surface area contributed by atoms with Crippen molar-refractivity contribution in [1.29, 1.82) is 0 Å². The quantitative estimate of drug-likeness (QED) is 0.0297. The minimum absolute atomic E-state index is 0.00447. The van der Waals surface area contributed by atoms with Crippen molar-refractivity contribution in [2.24, 2.45) is 5.41 Å². The third-order valence-corrected chi connectivity index (χ3v) is 12.9. The molecule has 3 unspecified atom stereocenters. The molecule has 2 amide bonds. The average Bonchev–Trinajstić information content (AvgIpc) is 3.74. The SMILES string of the molecule is CCCCCC(=O)CC(=O)CC(=O)CC(=O)SCCNC(=O)CCNC(=O)C(O)C(C)(C)COP(=O)(O)OP(=O)(O)OC[C@H]1O[C@@H](n2cnc3c(N)ncnc32)[C@H](O)[C@@H]1OP(=O)(O)O. The number of fused-ring (bicyclic) bond motifs is 1. The number of unbranched alkanes of at least 4 members (excludes halogenated alkanes) is 2. The molecule has 360 valence electrons. The number of hydrogen-bond donors (Lipinski definition) is 9. The van der Waals surface area contributed by atoms with Crippen molar-refractivity contribution in [3.63, 3.8) is 0 Å². The van der Waals surface area contributed by atoms with E-state index in [1.165, 1.54) is 13.8 Å². The van der Waals surface area contributed by atoms with Crippen LogP contribution in [0, 0.1) is 5.41 Å². The molecule has 1 fully saturated rings. The lowest BCUT2D eigenvalue weighted by atomic mass is 9.87. The molecule has 0 bridgehead atoms. The van der Waals surface area contributed by atoms with Gasteiger partial charge in [0.1, 0.15) is 53.6 Å². The van der Waals surface area contributed by atoms with Gasteiger partial charge < -0.3 is 50.9 Å². The zero-order valence-corrected chi connectivity index (χ0v) is 38.2. The number of nitrogen functional groups attached to an aromatic ring is 1. The van der Waals surface area contributed by atoms with Gasteiger partial charge in [0.25, 0.3) is 0 Å². The highest BCUT2D eigenvalue weighted by atomic mass is 32.2. The third-order valence-electron chi connectivity index (χ3n) is 8.95. The van der Waals surface area contributed by atoms with E-state index < -0.39 is 114 Å². The van der Waals surface area contributed by atoms with Crippen LogP contribution >= 0.6 is 35.2 Å². The fourth-order valence-electron chi connectivity index (χ4n) is 5.73. The smallest absolute Gasteiger partial charge is 0.386 e. The van der Waals surface area contributed by atoms with E-state index in [4.69, 9.17) is 19.5 Å². The third kappa shape index (κ3) is 18.1. The van der Waals surface area contributed by atoms with Crippen LogP contribution in [0.1, 0.15) is 78.4 Å². The molecule has 64 heavy (non-hydrogen) atoms. The Balaban J connectivity index is 1.40. The monoisotopic (exact) mass is 991 g/mol. The topological polar surface area (TPSA) is 415 Å². The van der Waals surface area contributed by atoms with Gasteiger partial charge >= 0.3 is 23.5 Å². The number of imidazole rings is 1. The fourth-order valence-corrected chi connectivity index (χ4v) is 9.26. The van der Waals surface area contributed by atoms with Crippen molar-refractivity contribution in [1.82, 2.24) is 30.2 Å². The number of phosphoric ester groups is 3. The number of ether oxygens (including phenoxy) is 1. The number of hydrogen-bond acceptors (Lipinski definition) is 21. The highest BCUT2D eigenvalue weighted by molar-refractivity contribution is 8.13. The molecule has 2 aromatic heterocycles. The molecule has 0 spiro atoms. The van der Waals surface area contributed by atoms with E-state index in [0.29, 0.717) is 6.42 Å². The van der Waals surface area contributed by atoms with Crippen LogP contribution in [0.2, 0.25) is 0 Å². The highest BCUT2D eigenvalue weighted by Gasteiger charge is 2.50. The van der Waals surface area contributed by atoms with E-state index in [2.05, 4.69) is 34.4 Å². The van der Waals surface area contributed by atoms with E-state index in [1.54, 1.807) is 0 Å². The molecular weight excluding hydrogens is 939 g/mol. The Morgan fingerprint density at radius 2 is 1.58 bits per heavy atom. The Labute approximate surface area is 369 Å². The lowest BCUT2D eigenvalue weighted by Gasteiger charge is -2.30. The summed E-state index contributed by atoms with van der Waals surface area (Å²) in [5, 5.41) is 25.7. The molecule has 7 atom stereocenters. The molecule has 0 saturated carbocycles. The summed E-state index contributed by atoms with van der Waals surface area (Å²) in [5.41, 5.74) is 4.17. The summed E-state index contributed by atoms with van der Waals surface area (Å²) in [6.45, 7) is 2.03. The molecule has 31 heteroatoms. The van der Waals surface area contributed by atoms with Gasteiger partial charge in [-0.15, -0.1) is 0 Å². The Bertz CT molecular complexity index is 2140. The second kappa shape index (κ2) is 24.4. The molecule has 0 aliphatic carbocycles. The average molecular weight is 992 g/mol. The summed E-state index contributed by atoms with van der Waals surface area (Å²) in [4.78, 5) is 124. The number of aromatic nitrogens is 4. The van der Waals surface area contributed by atoms with E-state index in [9.17, 15) is 72.2 Å². The minimum atomic E-state index is -5.61. The lowest BCUT2D eigenvalue weighted by Crippen LogP contribution is -2.46. The van der Waals surface area contributed by atoms with Crippen molar-refractivity contribution >= 4 is 86.5 Å². The summed E-state index contributed by atoms with van der Waals surface area (Å²) in [6, 6.07) is 0. The van der Waals surface area contributed by atoms with E-state index >= 15 is 0 Å². The lowest BCUT2D eigenvalue weighted by molar-refractivity contribution is -0.137. The van der Waals surface area contributed by atoms with Crippen LogP contribution in [0.4, 0.5) is 5.82 Å². The molecule has 1 saturated heterocycles. The van der Waals surface area contributed by atoms with Crippen LogP contribution in [-0.2, 0) is 65.1 Å². The van der Waals surface area contributed by atoms with Crippen LogP contribution in [-0.4, -0.2) is 140 Å². The molecule has 2 aromatic rings. The molecule has 0 radical (unpaired) electrons. The molecule has 0 aromatic carbocycles. The summed E-state index contributed by atoms with van der Waals surface area (Å²) in [5.74, 6) is -2.99. The van der Waals surface area contributed by atoms with Crippen molar-refractivity contribution in [2.45, 2.75) is 103 Å². The Kier molecular flexibility index (Phi) is 20.9. The maximum absolute atomic E-state index is 12.7. The van der Waals surface area contributed by atoms with E-state index in [1.807, 2.05) is 6.92 Å². The number of nitrogens with two attached hydrogens (primary N) is 1. The maximum Gasteiger partial charge on any atom is 0.481 e. The van der Waals surface area contributed by atoms with Gasteiger partial charge in [0.15, 0.2) is 22.8 Å². The van der Waals surface area contributed by atoms with Crippen molar-refractivity contribution in [2.75, 3.05) is 37.8 Å². The van der Waals surface area contributed by atoms with Gasteiger partial charge in [-0.3, -0.25) is 46.9 Å². The second-order valence-electron chi connectivity index (χ2n) is 14.9. The van der Waals surface area contributed by atoms with Gasteiger partial charge in [0, 0.05) is 37.1 Å². The van der Waals surface area contributed by atoms with Crippen LogP contribution < -0.4 is 16.4 Å². The summed E-state index contributed by atoms with van der Waals surface area (Å²) in [7, 11) is -16.5. The molecule has 3 rings (SSSR count). The fraction of sp³-hybridized carbons (Fsp3) is 0.667. The number of aliphatic hydroxyl groups excluding tert-OH is 2. The van der Waals surface area contributed by atoms with Gasteiger partial charge in [-0.05, 0) is 6.42 Å². The molecule has 1 aliphatic rings. The molecule has 10 N–H and O–H groups in total. The Morgan fingerprint density at radius 1 is 0.922 bits per heavy atom. The van der Waals surface area contributed by atoms with Crippen molar-refractivity contribution < 1.29 is 94.9 Å². The number of carbonyl (C=O) groups is 6. The first-order valence-electron chi connectivity index (χ1n) is 19.3. The molecule has 1 aliphatic heterocycles. The van der Waals surface area contributed by atoms with Crippen LogP contribution in [0.25, 0.3) is 11.2 Å². The zero-order valence-electron chi connectivity index (χ0n) is 34.7. The maximum atomic E-state index is 12.7. The number of ketones is 3. The van der Waals surface area contributed by atoms with E-state index in [-0.39, 0.29) is 60.9 Å². The first kappa shape index (κ1) is 54.9. The van der Waals surface area contributed by atoms with Crippen LogP contribution in [0.3, 0.4) is 0 Å². The number of carbonyl (C=O) groups excluding carboxylic acids is 6. The first-order chi connectivity index (χ1) is 29.7. The van der Waals surface area contributed by atoms with Gasteiger partial charge in [0.2, 0.25) is 11.8 Å². The summed E-state index contributed by atoms with van der Waals surface area (Å²) >= 11 is 0.754. The number of Topliss-reactive ketones (excluding diaryl/α,β-unsaturated/α-hetero) is 3. The number of thioether (sulfide) groups is 1. The van der Waals surface area contributed by atoms with Gasteiger partial charge in [-0.2, -0.15) is 4.31 Å².